The normalized spacial score (nSPS) is 19.0. The van der Waals surface area contributed by atoms with Crippen molar-refractivity contribution >= 4 is 17.5 Å². The Morgan fingerprint density at radius 2 is 2.05 bits per heavy atom. The summed E-state index contributed by atoms with van der Waals surface area (Å²) in [6.07, 6.45) is 0. The maximum absolute atomic E-state index is 12.6. The molecule has 2 rings (SSSR count). The minimum atomic E-state index is -0.456. The Kier molecular flexibility index (Phi) is 4.63. The monoisotopic (exact) mass is 290 g/mol. The third kappa shape index (κ3) is 3.08. The predicted molar refractivity (Wildman–Crippen MR) is 81.3 cm³/mol. The van der Waals surface area contributed by atoms with Gasteiger partial charge in [0.05, 0.1) is 0 Å². The van der Waals surface area contributed by atoms with Gasteiger partial charge in [-0.25, -0.2) is 0 Å². The summed E-state index contributed by atoms with van der Waals surface area (Å²) in [5.74, 6) is -0.184. The molecule has 0 bridgehead atoms. The number of benzene rings is 1. The van der Waals surface area contributed by atoms with E-state index in [1.165, 1.54) is 12.7 Å². The molecule has 1 aromatic rings. The lowest BCUT2D eigenvalue weighted by molar-refractivity contribution is -0.143. The number of hydrogen-bond acceptors (Lipinski definition) is 3. The molecule has 1 aromatic carbocycles. The molecule has 21 heavy (non-hydrogen) atoms. The van der Waals surface area contributed by atoms with Crippen LogP contribution in [0.3, 0.4) is 0 Å². The molecule has 0 unspecified atom stereocenters. The average molecular weight is 290 g/mol. The smallest absolute Gasteiger partial charge is 0.249 e. The zero-order chi connectivity index (χ0) is 15.6. The summed E-state index contributed by atoms with van der Waals surface area (Å²) in [7, 11) is 1.48. The van der Waals surface area contributed by atoms with Crippen molar-refractivity contribution in [3.63, 3.8) is 0 Å². The fourth-order valence-electron chi connectivity index (χ4n) is 2.76. The summed E-state index contributed by atoms with van der Waals surface area (Å²) < 4.78 is 4.87. The number of anilines is 1. The number of ether oxygens (including phenoxy) is 1. The number of methoxy groups -OCH3 is 1. The van der Waals surface area contributed by atoms with Gasteiger partial charge in [0.2, 0.25) is 11.8 Å². The van der Waals surface area contributed by atoms with Gasteiger partial charge in [0.1, 0.15) is 12.6 Å². The van der Waals surface area contributed by atoms with Crippen LogP contribution in [-0.2, 0) is 14.3 Å². The van der Waals surface area contributed by atoms with Gasteiger partial charge in [-0.05, 0) is 32.4 Å². The van der Waals surface area contributed by atoms with Gasteiger partial charge < -0.3 is 14.5 Å². The molecule has 1 fully saturated rings. The van der Waals surface area contributed by atoms with Crippen LogP contribution in [0.5, 0.6) is 0 Å². The van der Waals surface area contributed by atoms with Crippen LogP contribution in [0.2, 0.25) is 0 Å². The fourth-order valence-corrected chi connectivity index (χ4v) is 2.76. The fraction of sp³-hybridized carbons (Fsp3) is 0.500. The van der Waals surface area contributed by atoms with Crippen LogP contribution in [-0.4, -0.2) is 49.6 Å². The Morgan fingerprint density at radius 3 is 2.67 bits per heavy atom. The summed E-state index contributed by atoms with van der Waals surface area (Å²) in [6, 6.07) is 5.59. The molecule has 5 heteroatoms. The molecule has 1 atom stereocenters. The summed E-state index contributed by atoms with van der Waals surface area (Å²) >= 11 is 0. The quantitative estimate of drug-likeness (QED) is 0.848. The molecule has 1 saturated heterocycles. The number of piperazine rings is 1. The first kappa shape index (κ1) is 15.5. The Balaban J connectivity index is 2.19. The van der Waals surface area contributed by atoms with E-state index in [1.54, 1.807) is 16.7 Å². The highest BCUT2D eigenvalue weighted by atomic mass is 16.5. The number of hydrogen-bond donors (Lipinski definition) is 0. The SMILES string of the molecule is COCC(=O)N1CCN(c2ccc(C)cc2C)C(=O)[C@H]1C. The molecule has 114 valence electrons. The van der Waals surface area contributed by atoms with Gasteiger partial charge in [-0.1, -0.05) is 17.7 Å². The molecule has 0 saturated carbocycles. The highest BCUT2D eigenvalue weighted by Gasteiger charge is 2.35. The first-order valence-electron chi connectivity index (χ1n) is 7.12. The van der Waals surface area contributed by atoms with Crippen molar-refractivity contribution in [1.29, 1.82) is 0 Å². The van der Waals surface area contributed by atoms with E-state index in [2.05, 4.69) is 6.07 Å². The van der Waals surface area contributed by atoms with Gasteiger partial charge in [0.25, 0.3) is 0 Å². The van der Waals surface area contributed by atoms with E-state index < -0.39 is 6.04 Å². The second-order valence-electron chi connectivity index (χ2n) is 5.48. The molecule has 1 heterocycles. The lowest BCUT2D eigenvalue weighted by Crippen LogP contribution is -2.58. The van der Waals surface area contributed by atoms with Crippen molar-refractivity contribution in [1.82, 2.24) is 4.90 Å². The molecule has 1 aliphatic heterocycles. The molecule has 0 radical (unpaired) electrons. The predicted octanol–water partition coefficient (Wildman–Crippen LogP) is 1.51. The Bertz CT molecular complexity index is 556. The maximum Gasteiger partial charge on any atom is 0.249 e. The number of carbonyl (C=O) groups is 2. The Morgan fingerprint density at radius 1 is 1.33 bits per heavy atom. The van der Waals surface area contributed by atoms with E-state index >= 15 is 0 Å². The third-order valence-electron chi connectivity index (χ3n) is 3.89. The minimum Gasteiger partial charge on any atom is -0.375 e. The molecular weight excluding hydrogens is 268 g/mol. The van der Waals surface area contributed by atoms with E-state index in [0.717, 1.165) is 11.3 Å². The van der Waals surface area contributed by atoms with Crippen molar-refractivity contribution in [3.05, 3.63) is 29.3 Å². The third-order valence-corrected chi connectivity index (χ3v) is 3.89. The summed E-state index contributed by atoms with van der Waals surface area (Å²) in [4.78, 5) is 27.9. The van der Waals surface area contributed by atoms with Gasteiger partial charge in [-0.15, -0.1) is 0 Å². The maximum atomic E-state index is 12.6. The Labute approximate surface area is 125 Å². The standard InChI is InChI=1S/C16H22N2O3/c1-11-5-6-14(12(2)9-11)18-8-7-17(13(3)16(18)20)15(19)10-21-4/h5-6,9,13H,7-8,10H2,1-4H3/t13-/m1/s1. The van der Waals surface area contributed by atoms with Gasteiger partial charge in [-0.2, -0.15) is 0 Å². The zero-order valence-electron chi connectivity index (χ0n) is 13.0. The second-order valence-corrected chi connectivity index (χ2v) is 5.48. The number of carbonyl (C=O) groups excluding carboxylic acids is 2. The lowest BCUT2D eigenvalue weighted by Gasteiger charge is -2.39. The number of rotatable bonds is 3. The van der Waals surface area contributed by atoms with E-state index in [1.807, 2.05) is 26.0 Å². The van der Waals surface area contributed by atoms with Gasteiger partial charge in [0, 0.05) is 25.9 Å². The summed E-state index contributed by atoms with van der Waals surface area (Å²) in [6.45, 7) is 6.86. The van der Waals surface area contributed by atoms with Gasteiger partial charge >= 0.3 is 0 Å². The molecule has 5 nitrogen and oxygen atoms in total. The van der Waals surface area contributed by atoms with Crippen molar-refractivity contribution in [2.24, 2.45) is 0 Å². The highest BCUT2D eigenvalue weighted by Crippen LogP contribution is 2.25. The lowest BCUT2D eigenvalue weighted by atomic mass is 10.1. The van der Waals surface area contributed by atoms with Crippen molar-refractivity contribution < 1.29 is 14.3 Å². The molecule has 2 amide bonds. The van der Waals surface area contributed by atoms with E-state index in [4.69, 9.17) is 4.74 Å². The van der Waals surface area contributed by atoms with Crippen LogP contribution in [0.1, 0.15) is 18.1 Å². The van der Waals surface area contributed by atoms with Crippen LogP contribution in [0, 0.1) is 13.8 Å². The largest absolute Gasteiger partial charge is 0.375 e. The number of aryl methyl sites for hydroxylation is 2. The summed E-state index contributed by atoms with van der Waals surface area (Å²) in [5.41, 5.74) is 3.18. The van der Waals surface area contributed by atoms with Crippen LogP contribution in [0.4, 0.5) is 5.69 Å². The highest BCUT2D eigenvalue weighted by molar-refractivity contribution is 6.00. The van der Waals surface area contributed by atoms with Gasteiger partial charge in [0.15, 0.2) is 0 Å². The van der Waals surface area contributed by atoms with E-state index in [-0.39, 0.29) is 18.4 Å². The first-order chi connectivity index (χ1) is 9.95. The first-order valence-corrected chi connectivity index (χ1v) is 7.12. The number of amides is 2. The zero-order valence-corrected chi connectivity index (χ0v) is 13.0. The average Bonchev–Trinajstić information content (AvgIpc) is 2.43. The molecule has 0 N–H and O–H groups in total. The van der Waals surface area contributed by atoms with E-state index in [0.29, 0.717) is 13.1 Å². The van der Waals surface area contributed by atoms with Crippen molar-refractivity contribution in [2.45, 2.75) is 26.8 Å². The second kappa shape index (κ2) is 6.26. The molecular formula is C16H22N2O3. The molecule has 0 spiro atoms. The van der Waals surface area contributed by atoms with Crippen LogP contribution < -0.4 is 4.90 Å². The van der Waals surface area contributed by atoms with Gasteiger partial charge in [-0.3, -0.25) is 9.59 Å². The van der Waals surface area contributed by atoms with Crippen molar-refractivity contribution in [3.8, 4) is 0 Å². The minimum absolute atomic E-state index is 0.0151. The molecule has 0 aromatic heterocycles. The summed E-state index contributed by atoms with van der Waals surface area (Å²) in [5, 5.41) is 0. The number of nitrogens with zero attached hydrogens (tertiary/aromatic N) is 2. The molecule has 0 aliphatic carbocycles. The van der Waals surface area contributed by atoms with Crippen LogP contribution in [0.25, 0.3) is 0 Å². The molecule has 1 aliphatic rings. The Hall–Kier alpha value is -1.88. The van der Waals surface area contributed by atoms with Crippen LogP contribution >= 0.6 is 0 Å². The van der Waals surface area contributed by atoms with Crippen LogP contribution in [0.15, 0.2) is 18.2 Å². The van der Waals surface area contributed by atoms with Crippen molar-refractivity contribution in [2.75, 3.05) is 31.7 Å². The topological polar surface area (TPSA) is 49.9 Å². The van der Waals surface area contributed by atoms with E-state index in [9.17, 15) is 9.59 Å².